The molecular formula is C28H25FN2O2. The van der Waals surface area contributed by atoms with Crippen molar-refractivity contribution in [2.24, 2.45) is 7.05 Å². The number of hydrogen-bond donors (Lipinski definition) is 0. The number of fused-ring (bicyclic) bond motifs is 3. The van der Waals surface area contributed by atoms with Crippen molar-refractivity contribution in [3.05, 3.63) is 106 Å². The van der Waals surface area contributed by atoms with Gasteiger partial charge in [-0.1, -0.05) is 60.2 Å². The van der Waals surface area contributed by atoms with E-state index in [1.54, 1.807) is 30.9 Å². The van der Waals surface area contributed by atoms with Gasteiger partial charge in [-0.25, -0.2) is 4.39 Å². The largest absolute Gasteiger partial charge is 0.378 e. The highest BCUT2D eigenvalue weighted by molar-refractivity contribution is 6.15. The Bertz CT molecular complexity index is 1530. The summed E-state index contributed by atoms with van der Waals surface area (Å²) in [5.41, 5.74) is 6.51. The second-order valence-electron chi connectivity index (χ2n) is 8.44. The normalized spacial score (nSPS) is 11.5. The Morgan fingerprint density at radius 3 is 2.33 bits per heavy atom. The van der Waals surface area contributed by atoms with Gasteiger partial charge in [0.2, 0.25) is 0 Å². The van der Waals surface area contributed by atoms with Gasteiger partial charge in [-0.3, -0.25) is 4.79 Å². The lowest BCUT2D eigenvalue weighted by Crippen LogP contribution is -2.24. The molecule has 0 aliphatic rings. The van der Waals surface area contributed by atoms with Gasteiger partial charge in [0.15, 0.2) is 0 Å². The molecular weight excluding hydrogens is 415 g/mol. The van der Waals surface area contributed by atoms with Crippen LogP contribution in [-0.4, -0.2) is 16.2 Å². The van der Waals surface area contributed by atoms with Gasteiger partial charge >= 0.3 is 0 Å². The summed E-state index contributed by atoms with van der Waals surface area (Å²) in [4.78, 5) is 13.7. The lowest BCUT2D eigenvalue weighted by molar-refractivity contribution is 0.178. The van der Waals surface area contributed by atoms with Gasteiger partial charge in [-0.2, -0.15) is 0 Å². The van der Waals surface area contributed by atoms with Crippen LogP contribution in [0, 0.1) is 12.7 Å². The third-order valence-corrected chi connectivity index (χ3v) is 6.30. The predicted octanol–water partition coefficient (Wildman–Crippen LogP) is 5.80. The molecule has 5 rings (SSSR count). The molecule has 166 valence electrons. The van der Waals surface area contributed by atoms with E-state index >= 15 is 0 Å². The number of rotatable bonds is 5. The Balaban J connectivity index is 1.92. The van der Waals surface area contributed by atoms with E-state index in [1.807, 2.05) is 18.2 Å². The van der Waals surface area contributed by atoms with E-state index in [4.69, 9.17) is 4.74 Å². The first-order valence-corrected chi connectivity index (χ1v) is 10.9. The van der Waals surface area contributed by atoms with Gasteiger partial charge in [-0.05, 0) is 36.2 Å². The predicted molar refractivity (Wildman–Crippen MR) is 131 cm³/mol. The highest BCUT2D eigenvalue weighted by Gasteiger charge is 2.23. The third-order valence-electron chi connectivity index (χ3n) is 6.30. The van der Waals surface area contributed by atoms with Crippen LogP contribution in [0.15, 0.2) is 77.6 Å². The Kier molecular flexibility index (Phi) is 5.35. The van der Waals surface area contributed by atoms with Crippen LogP contribution in [0.3, 0.4) is 0 Å². The van der Waals surface area contributed by atoms with Crippen LogP contribution in [0.5, 0.6) is 0 Å². The first-order chi connectivity index (χ1) is 16.0. The van der Waals surface area contributed by atoms with Gasteiger partial charge in [0, 0.05) is 42.6 Å². The van der Waals surface area contributed by atoms with E-state index in [1.165, 1.54) is 17.7 Å². The molecule has 5 heteroatoms. The average Bonchev–Trinajstić information content (AvgIpc) is 3.14. The van der Waals surface area contributed by atoms with Crippen molar-refractivity contribution < 1.29 is 9.13 Å². The average molecular weight is 441 g/mol. The van der Waals surface area contributed by atoms with Crippen LogP contribution in [0.4, 0.5) is 4.39 Å². The summed E-state index contributed by atoms with van der Waals surface area (Å²) in [7, 11) is 3.44. The van der Waals surface area contributed by atoms with Crippen molar-refractivity contribution in [3.8, 4) is 11.1 Å². The molecule has 0 spiro atoms. The van der Waals surface area contributed by atoms with E-state index in [0.29, 0.717) is 18.7 Å². The minimum Gasteiger partial charge on any atom is -0.378 e. The van der Waals surface area contributed by atoms with Crippen LogP contribution >= 0.6 is 0 Å². The van der Waals surface area contributed by atoms with Crippen molar-refractivity contribution in [2.45, 2.75) is 20.1 Å². The van der Waals surface area contributed by atoms with Crippen molar-refractivity contribution in [2.75, 3.05) is 7.11 Å². The number of methoxy groups -OCH3 is 1. The summed E-state index contributed by atoms with van der Waals surface area (Å²) in [6.07, 6.45) is 0. The maximum Gasteiger partial charge on any atom is 0.275 e. The van der Waals surface area contributed by atoms with Crippen molar-refractivity contribution in [1.29, 1.82) is 0 Å². The van der Waals surface area contributed by atoms with E-state index < -0.39 is 0 Å². The molecule has 4 nitrogen and oxygen atoms in total. The zero-order valence-electron chi connectivity index (χ0n) is 18.9. The molecule has 33 heavy (non-hydrogen) atoms. The molecule has 0 aliphatic carbocycles. The lowest BCUT2D eigenvalue weighted by Gasteiger charge is -2.17. The number of ether oxygens (including phenoxy) is 1. The SMILES string of the molecule is COCc1c(-c2ccc(C)cc2)c2c3ccccc3n(Cc3ccc(F)cc3)c2c(=O)n1C. The molecule has 0 radical (unpaired) electrons. The van der Waals surface area contributed by atoms with Crippen LogP contribution in [-0.2, 0) is 24.9 Å². The molecule has 2 heterocycles. The standard InChI is InChI=1S/C28H25FN2O2/c1-18-8-12-20(13-9-18)25-24(17-33-3)30(2)28(32)27-26(25)22-6-4-5-7-23(22)31(27)16-19-10-14-21(29)15-11-19/h4-15H,16-17H2,1-3H3. The fraction of sp³-hybridized carbons (Fsp3) is 0.179. The maximum absolute atomic E-state index is 13.7. The second-order valence-corrected chi connectivity index (χ2v) is 8.44. The summed E-state index contributed by atoms with van der Waals surface area (Å²) in [5.74, 6) is -0.275. The first-order valence-electron chi connectivity index (χ1n) is 10.9. The number of aromatic nitrogens is 2. The van der Waals surface area contributed by atoms with E-state index in [2.05, 4.69) is 41.8 Å². The highest BCUT2D eigenvalue weighted by atomic mass is 19.1. The Morgan fingerprint density at radius 2 is 1.64 bits per heavy atom. The molecule has 2 aromatic heterocycles. The Hall–Kier alpha value is -3.70. The molecule has 0 aliphatic heterocycles. The summed E-state index contributed by atoms with van der Waals surface area (Å²) in [6, 6.07) is 22.9. The zero-order valence-corrected chi connectivity index (χ0v) is 18.9. The third kappa shape index (κ3) is 3.55. The minimum atomic E-state index is -0.275. The topological polar surface area (TPSA) is 36.2 Å². The molecule has 0 atom stereocenters. The van der Waals surface area contributed by atoms with Crippen molar-refractivity contribution in [3.63, 3.8) is 0 Å². The zero-order chi connectivity index (χ0) is 23.1. The van der Waals surface area contributed by atoms with E-state index in [9.17, 15) is 9.18 Å². The highest BCUT2D eigenvalue weighted by Crippen LogP contribution is 2.38. The van der Waals surface area contributed by atoms with Gasteiger partial charge in [0.1, 0.15) is 11.3 Å². The molecule has 0 N–H and O–H groups in total. The number of para-hydroxylation sites is 1. The number of hydrogen-bond acceptors (Lipinski definition) is 2. The molecule has 3 aromatic carbocycles. The van der Waals surface area contributed by atoms with Crippen LogP contribution in [0.1, 0.15) is 16.8 Å². The Labute approximate surface area is 191 Å². The molecule has 0 bridgehead atoms. The smallest absolute Gasteiger partial charge is 0.275 e. The van der Waals surface area contributed by atoms with Crippen molar-refractivity contribution >= 4 is 21.8 Å². The monoisotopic (exact) mass is 440 g/mol. The van der Waals surface area contributed by atoms with Gasteiger partial charge < -0.3 is 13.9 Å². The summed E-state index contributed by atoms with van der Waals surface area (Å²) < 4.78 is 22.8. The fourth-order valence-corrected chi connectivity index (χ4v) is 4.65. The van der Waals surface area contributed by atoms with E-state index in [-0.39, 0.29) is 11.4 Å². The van der Waals surface area contributed by atoms with Gasteiger partial charge in [0.25, 0.3) is 5.56 Å². The molecule has 0 unspecified atom stereocenters. The number of aryl methyl sites for hydroxylation is 1. The lowest BCUT2D eigenvalue weighted by atomic mass is 9.97. The summed E-state index contributed by atoms with van der Waals surface area (Å²) >= 11 is 0. The van der Waals surface area contributed by atoms with Gasteiger partial charge in [0.05, 0.1) is 12.3 Å². The number of nitrogens with zero attached hydrogens (tertiary/aromatic N) is 2. The molecule has 5 aromatic rings. The fourth-order valence-electron chi connectivity index (χ4n) is 4.65. The Morgan fingerprint density at radius 1 is 0.939 bits per heavy atom. The number of benzene rings is 3. The maximum atomic E-state index is 13.7. The summed E-state index contributed by atoms with van der Waals surface area (Å²) in [6.45, 7) is 2.85. The minimum absolute atomic E-state index is 0.0776. The number of halogens is 1. The number of pyridine rings is 1. The summed E-state index contributed by atoms with van der Waals surface area (Å²) in [5, 5.41) is 1.94. The van der Waals surface area contributed by atoms with E-state index in [0.717, 1.165) is 38.7 Å². The van der Waals surface area contributed by atoms with Crippen LogP contribution in [0.25, 0.3) is 32.9 Å². The molecule has 0 saturated heterocycles. The molecule has 0 fully saturated rings. The van der Waals surface area contributed by atoms with Crippen molar-refractivity contribution in [1.82, 2.24) is 9.13 Å². The molecule has 0 saturated carbocycles. The molecule has 0 amide bonds. The first kappa shape index (κ1) is 21.2. The quantitative estimate of drug-likeness (QED) is 0.346. The van der Waals surface area contributed by atoms with Gasteiger partial charge in [-0.15, -0.1) is 0 Å². The van der Waals surface area contributed by atoms with Crippen LogP contribution < -0.4 is 5.56 Å². The second kappa shape index (κ2) is 8.34. The van der Waals surface area contributed by atoms with Crippen LogP contribution in [0.2, 0.25) is 0 Å².